The van der Waals surface area contributed by atoms with Gasteiger partial charge in [-0.2, -0.15) is 0 Å². The SMILES string of the molecule is Cc1ccnc(/C=C/c2ccc3ncc(NC(=O)O)cc3c2)n1. The Morgan fingerprint density at radius 2 is 2.04 bits per heavy atom. The second kappa shape index (κ2) is 6.23. The highest BCUT2D eigenvalue weighted by atomic mass is 16.4. The average molecular weight is 306 g/mol. The van der Waals surface area contributed by atoms with Gasteiger partial charge in [0.2, 0.25) is 0 Å². The third-order valence-corrected chi connectivity index (χ3v) is 3.19. The molecule has 0 aliphatic heterocycles. The summed E-state index contributed by atoms with van der Waals surface area (Å²) in [6.07, 6.45) is 5.84. The van der Waals surface area contributed by atoms with Gasteiger partial charge in [0.05, 0.1) is 17.4 Å². The lowest BCUT2D eigenvalue weighted by Gasteiger charge is -2.03. The van der Waals surface area contributed by atoms with Crippen molar-refractivity contribution in [3.63, 3.8) is 0 Å². The fourth-order valence-corrected chi connectivity index (χ4v) is 2.16. The number of nitrogens with one attached hydrogen (secondary N) is 1. The second-order valence-corrected chi connectivity index (χ2v) is 5.00. The Labute approximate surface area is 132 Å². The normalized spacial score (nSPS) is 11.0. The standard InChI is InChI=1S/C17H14N4O2/c1-11-6-7-18-16(20-11)5-3-12-2-4-15-13(8-12)9-14(10-19-15)21-17(22)23/h2-10,21H,1H3,(H,22,23)/b5-3+. The average Bonchev–Trinajstić information content (AvgIpc) is 2.52. The lowest BCUT2D eigenvalue weighted by molar-refractivity contribution is 0.209. The molecular formula is C17H14N4O2. The monoisotopic (exact) mass is 306 g/mol. The summed E-state index contributed by atoms with van der Waals surface area (Å²) >= 11 is 0. The van der Waals surface area contributed by atoms with Crippen molar-refractivity contribution in [1.29, 1.82) is 0 Å². The van der Waals surface area contributed by atoms with Gasteiger partial charge in [0.15, 0.2) is 5.82 Å². The quantitative estimate of drug-likeness (QED) is 0.772. The van der Waals surface area contributed by atoms with Crippen molar-refractivity contribution in [3.05, 3.63) is 59.8 Å². The number of aromatic nitrogens is 3. The molecular weight excluding hydrogens is 292 g/mol. The number of benzene rings is 1. The van der Waals surface area contributed by atoms with Crippen molar-refractivity contribution < 1.29 is 9.90 Å². The van der Waals surface area contributed by atoms with Crippen molar-refractivity contribution >= 4 is 34.8 Å². The van der Waals surface area contributed by atoms with E-state index < -0.39 is 6.09 Å². The molecule has 0 spiro atoms. The van der Waals surface area contributed by atoms with Gasteiger partial charge < -0.3 is 5.11 Å². The first-order valence-electron chi connectivity index (χ1n) is 6.98. The van der Waals surface area contributed by atoms with Gasteiger partial charge in [-0.1, -0.05) is 12.1 Å². The molecule has 2 N–H and O–H groups in total. The van der Waals surface area contributed by atoms with Crippen molar-refractivity contribution in [3.8, 4) is 0 Å². The summed E-state index contributed by atoms with van der Waals surface area (Å²) in [6.45, 7) is 1.91. The van der Waals surface area contributed by atoms with Crippen LogP contribution in [0.4, 0.5) is 10.5 Å². The van der Waals surface area contributed by atoms with Crippen LogP contribution in [-0.4, -0.2) is 26.2 Å². The summed E-state index contributed by atoms with van der Waals surface area (Å²) in [7, 11) is 0. The molecule has 0 saturated carbocycles. The van der Waals surface area contributed by atoms with E-state index >= 15 is 0 Å². The van der Waals surface area contributed by atoms with Gasteiger partial charge in [0, 0.05) is 17.3 Å². The predicted molar refractivity (Wildman–Crippen MR) is 89.1 cm³/mol. The molecule has 0 bridgehead atoms. The lowest BCUT2D eigenvalue weighted by atomic mass is 10.1. The number of aryl methyl sites for hydroxylation is 1. The molecule has 0 saturated heterocycles. The number of nitrogens with zero attached hydrogens (tertiary/aromatic N) is 3. The van der Waals surface area contributed by atoms with E-state index in [0.29, 0.717) is 11.5 Å². The number of hydrogen-bond acceptors (Lipinski definition) is 4. The molecule has 0 aliphatic carbocycles. The molecule has 2 heterocycles. The maximum Gasteiger partial charge on any atom is 0.409 e. The van der Waals surface area contributed by atoms with E-state index in [0.717, 1.165) is 22.2 Å². The minimum absolute atomic E-state index is 0.438. The van der Waals surface area contributed by atoms with Crippen molar-refractivity contribution in [1.82, 2.24) is 15.0 Å². The first-order chi connectivity index (χ1) is 11.1. The van der Waals surface area contributed by atoms with E-state index in [-0.39, 0.29) is 0 Å². The Bertz CT molecular complexity index is 906. The van der Waals surface area contributed by atoms with E-state index in [4.69, 9.17) is 5.11 Å². The van der Waals surface area contributed by atoms with Crippen molar-refractivity contribution in [2.75, 3.05) is 5.32 Å². The van der Waals surface area contributed by atoms with Gasteiger partial charge in [-0.3, -0.25) is 10.3 Å². The van der Waals surface area contributed by atoms with Crippen LogP contribution in [0, 0.1) is 6.92 Å². The first kappa shape index (κ1) is 14.6. The molecule has 3 rings (SSSR count). The van der Waals surface area contributed by atoms with Crippen LogP contribution in [0.5, 0.6) is 0 Å². The number of fused-ring (bicyclic) bond motifs is 1. The van der Waals surface area contributed by atoms with Crippen LogP contribution in [-0.2, 0) is 0 Å². The summed E-state index contributed by atoms with van der Waals surface area (Å²) in [6, 6.07) is 9.34. The van der Waals surface area contributed by atoms with Crippen molar-refractivity contribution in [2.24, 2.45) is 0 Å². The Balaban J connectivity index is 1.90. The maximum absolute atomic E-state index is 10.7. The summed E-state index contributed by atoms with van der Waals surface area (Å²) in [5.74, 6) is 0.643. The lowest BCUT2D eigenvalue weighted by Crippen LogP contribution is -2.07. The molecule has 0 aliphatic rings. The van der Waals surface area contributed by atoms with Crippen molar-refractivity contribution in [2.45, 2.75) is 6.92 Å². The number of rotatable bonds is 3. The Kier molecular flexibility index (Phi) is 3.97. The topological polar surface area (TPSA) is 88.0 Å². The highest BCUT2D eigenvalue weighted by molar-refractivity contribution is 5.89. The molecule has 114 valence electrons. The van der Waals surface area contributed by atoms with Crippen LogP contribution in [0.2, 0.25) is 0 Å². The number of hydrogen-bond donors (Lipinski definition) is 2. The number of carboxylic acid groups (broad SMARTS) is 1. The van der Waals surface area contributed by atoms with Gasteiger partial charge in [-0.05, 0) is 42.8 Å². The number of pyridine rings is 1. The van der Waals surface area contributed by atoms with Gasteiger partial charge in [0.25, 0.3) is 0 Å². The number of carbonyl (C=O) groups is 1. The Morgan fingerprint density at radius 3 is 2.83 bits per heavy atom. The van der Waals surface area contributed by atoms with Gasteiger partial charge in [-0.25, -0.2) is 14.8 Å². The van der Waals surface area contributed by atoms with Gasteiger partial charge >= 0.3 is 6.09 Å². The minimum Gasteiger partial charge on any atom is -0.465 e. The van der Waals surface area contributed by atoms with Gasteiger partial charge in [-0.15, -0.1) is 0 Å². The van der Waals surface area contributed by atoms with E-state index in [1.54, 1.807) is 12.3 Å². The number of anilines is 1. The molecule has 3 aromatic rings. The molecule has 0 radical (unpaired) electrons. The first-order valence-corrected chi connectivity index (χ1v) is 6.98. The zero-order valence-corrected chi connectivity index (χ0v) is 12.4. The van der Waals surface area contributed by atoms with Crippen LogP contribution in [0.1, 0.15) is 17.1 Å². The third kappa shape index (κ3) is 3.68. The Hall–Kier alpha value is -3.28. The predicted octanol–water partition coefficient (Wildman–Crippen LogP) is 3.59. The second-order valence-electron chi connectivity index (χ2n) is 5.00. The van der Waals surface area contributed by atoms with Crippen LogP contribution < -0.4 is 5.32 Å². The van der Waals surface area contributed by atoms with Crippen LogP contribution in [0.15, 0.2) is 42.7 Å². The maximum atomic E-state index is 10.7. The molecule has 2 aromatic heterocycles. The Morgan fingerprint density at radius 1 is 1.17 bits per heavy atom. The largest absolute Gasteiger partial charge is 0.465 e. The zero-order valence-electron chi connectivity index (χ0n) is 12.4. The van der Waals surface area contributed by atoms with E-state index in [1.807, 2.05) is 43.3 Å². The molecule has 23 heavy (non-hydrogen) atoms. The highest BCUT2D eigenvalue weighted by Gasteiger charge is 2.01. The van der Waals surface area contributed by atoms with Crippen LogP contribution in [0.3, 0.4) is 0 Å². The minimum atomic E-state index is -1.11. The molecule has 6 nitrogen and oxygen atoms in total. The molecule has 6 heteroatoms. The summed E-state index contributed by atoms with van der Waals surface area (Å²) in [4.78, 5) is 23.4. The molecule has 0 unspecified atom stereocenters. The highest BCUT2D eigenvalue weighted by Crippen LogP contribution is 2.19. The zero-order chi connectivity index (χ0) is 16.2. The van der Waals surface area contributed by atoms with E-state index in [9.17, 15) is 4.79 Å². The van der Waals surface area contributed by atoms with Crippen LogP contribution in [0.25, 0.3) is 23.1 Å². The summed E-state index contributed by atoms with van der Waals surface area (Å²) in [5.41, 5.74) is 3.10. The van der Waals surface area contributed by atoms with Crippen LogP contribution >= 0.6 is 0 Å². The molecule has 0 fully saturated rings. The molecule has 1 aromatic carbocycles. The fraction of sp³-hybridized carbons (Fsp3) is 0.0588. The third-order valence-electron chi connectivity index (χ3n) is 3.19. The number of amides is 1. The summed E-state index contributed by atoms with van der Waals surface area (Å²) < 4.78 is 0. The smallest absolute Gasteiger partial charge is 0.409 e. The molecule has 1 amide bonds. The fourth-order valence-electron chi connectivity index (χ4n) is 2.16. The summed E-state index contributed by atoms with van der Waals surface area (Å²) in [5, 5.41) is 11.9. The van der Waals surface area contributed by atoms with Gasteiger partial charge in [0.1, 0.15) is 0 Å². The van der Waals surface area contributed by atoms with E-state index in [2.05, 4.69) is 20.3 Å². The molecule has 0 atom stereocenters. The van der Waals surface area contributed by atoms with E-state index in [1.165, 1.54) is 6.20 Å².